The molecule has 0 aliphatic heterocycles. The highest BCUT2D eigenvalue weighted by molar-refractivity contribution is 7.08. The monoisotopic (exact) mass is 347 g/mol. The van der Waals surface area contributed by atoms with Gasteiger partial charge in [-0.3, -0.25) is 9.48 Å². The number of aryl methyl sites for hydroxylation is 1. The molecule has 0 aliphatic rings. The minimum absolute atomic E-state index is 0.0179. The smallest absolute Gasteiger partial charge is 0.265 e. The van der Waals surface area contributed by atoms with Crippen LogP contribution in [0.3, 0.4) is 0 Å². The van der Waals surface area contributed by atoms with E-state index in [-0.39, 0.29) is 11.9 Å². The third-order valence-electron chi connectivity index (χ3n) is 3.48. The molecule has 0 aromatic carbocycles. The molecule has 1 atom stereocenters. The van der Waals surface area contributed by atoms with Crippen molar-refractivity contribution in [1.29, 1.82) is 0 Å². The Morgan fingerprint density at radius 1 is 1.48 bits per heavy atom. The Balaban J connectivity index is 1.72. The molecule has 120 valence electrons. The average Bonchev–Trinajstić information content (AvgIpc) is 3.30. The summed E-state index contributed by atoms with van der Waals surface area (Å²) in [5.41, 5.74) is 1.91. The van der Waals surface area contributed by atoms with E-state index in [1.54, 1.807) is 17.5 Å². The molecule has 0 radical (unpaired) electrons. The summed E-state index contributed by atoms with van der Waals surface area (Å²) in [6, 6.07) is 3.92. The van der Waals surface area contributed by atoms with E-state index >= 15 is 0 Å². The standard InChI is InChI=1S/C15H17N5OS2/c1-2-4-12-14(23-19-18-12)15(21)16-9-13(11-5-8-22-10-11)20-7-3-6-17-20/h3,5-8,10,13H,2,4,9H2,1H3,(H,16,21)/t13-/m0/s1. The van der Waals surface area contributed by atoms with Gasteiger partial charge in [0.25, 0.3) is 5.91 Å². The molecule has 0 saturated carbocycles. The van der Waals surface area contributed by atoms with Crippen molar-refractivity contribution in [2.24, 2.45) is 0 Å². The van der Waals surface area contributed by atoms with E-state index in [1.165, 1.54) is 0 Å². The van der Waals surface area contributed by atoms with Crippen LogP contribution in [0.4, 0.5) is 0 Å². The zero-order chi connectivity index (χ0) is 16.1. The van der Waals surface area contributed by atoms with Gasteiger partial charge in [0.05, 0.1) is 11.7 Å². The van der Waals surface area contributed by atoms with Gasteiger partial charge in [-0.15, -0.1) is 5.10 Å². The Hall–Kier alpha value is -2.06. The lowest BCUT2D eigenvalue weighted by molar-refractivity contribution is 0.0952. The fraction of sp³-hybridized carbons (Fsp3) is 0.333. The molecule has 3 aromatic heterocycles. The SMILES string of the molecule is CCCc1nnsc1C(=O)NC[C@@H](c1ccsc1)n1cccn1. The van der Waals surface area contributed by atoms with E-state index in [2.05, 4.69) is 38.4 Å². The number of nitrogens with zero attached hydrogens (tertiary/aromatic N) is 4. The van der Waals surface area contributed by atoms with E-state index in [9.17, 15) is 4.79 Å². The van der Waals surface area contributed by atoms with Crippen LogP contribution < -0.4 is 5.32 Å². The lowest BCUT2D eigenvalue weighted by Crippen LogP contribution is -2.31. The Morgan fingerprint density at radius 2 is 2.39 bits per heavy atom. The van der Waals surface area contributed by atoms with E-state index < -0.39 is 0 Å². The molecule has 3 rings (SSSR count). The minimum atomic E-state index is -0.115. The maximum absolute atomic E-state index is 12.4. The molecule has 0 saturated heterocycles. The largest absolute Gasteiger partial charge is 0.349 e. The van der Waals surface area contributed by atoms with Gasteiger partial charge in [-0.25, -0.2) is 0 Å². The highest BCUT2D eigenvalue weighted by Gasteiger charge is 2.19. The van der Waals surface area contributed by atoms with Crippen molar-refractivity contribution in [3.05, 3.63) is 51.4 Å². The first-order chi connectivity index (χ1) is 11.3. The Bertz CT molecular complexity index is 702. The zero-order valence-corrected chi connectivity index (χ0v) is 14.3. The average molecular weight is 347 g/mol. The van der Waals surface area contributed by atoms with Gasteiger partial charge in [0.1, 0.15) is 4.88 Å². The van der Waals surface area contributed by atoms with Crippen molar-refractivity contribution < 1.29 is 4.79 Å². The number of carbonyl (C=O) groups is 1. The number of thiophene rings is 1. The van der Waals surface area contributed by atoms with Crippen molar-refractivity contribution in [1.82, 2.24) is 24.7 Å². The summed E-state index contributed by atoms with van der Waals surface area (Å²) in [6.45, 7) is 2.53. The maximum atomic E-state index is 12.4. The van der Waals surface area contributed by atoms with E-state index in [0.29, 0.717) is 11.4 Å². The molecule has 6 nitrogen and oxygen atoms in total. The maximum Gasteiger partial charge on any atom is 0.265 e. The third kappa shape index (κ3) is 3.65. The lowest BCUT2D eigenvalue weighted by atomic mass is 10.1. The first kappa shape index (κ1) is 15.8. The predicted molar refractivity (Wildman–Crippen MR) is 90.9 cm³/mol. The normalized spacial score (nSPS) is 12.2. The molecule has 1 amide bonds. The van der Waals surface area contributed by atoms with Gasteiger partial charge < -0.3 is 5.32 Å². The predicted octanol–water partition coefficient (Wildman–Crippen LogP) is 2.77. The highest BCUT2D eigenvalue weighted by Crippen LogP contribution is 2.20. The molecule has 0 unspecified atom stereocenters. The Labute approximate surface area is 142 Å². The van der Waals surface area contributed by atoms with Gasteiger partial charge in [-0.05, 0) is 46.4 Å². The first-order valence-electron chi connectivity index (χ1n) is 7.40. The molecule has 3 aromatic rings. The number of amides is 1. The summed E-state index contributed by atoms with van der Waals surface area (Å²) in [4.78, 5) is 13.0. The van der Waals surface area contributed by atoms with E-state index in [1.807, 2.05) is 22.3 Å². The Kier molecular flexibility index (Phi) is 5.14. The highest BCUT2D eigenvalue weighted by atomic mass is 32.1. The van der Waals surface area contributed by atoms with Crippen LogP contribution in [0.1, 0.15) is 40.3 Å². The summed E-state index contributed by atoms with van der Waals surface area (Å²) in [5.74, 6) is -0.115. The number of rotatable bonds is 7. The fourth-order valence-corrected chi connectivity index (χ4v) is 3.68. The van der Waals surface area contributed by atoms with Crippen molar-refractivity contribution in [3.8, 4) is 0 Å². The number of carbonyl (C=O) groups excluding carboxylic acids is 1. The molecule has 23 heavy (non-hydrogen) atoms. The van der Waals surface area contributed by atoms with Gasteiger partial charge in [0, 0.05) is 18.9 Å². The molecule has 3 heterocycles. The van der Waals surface area contributed by atoms with Crippen molar-refractivity contribution in [2.75, 3.05) is 6.54 Å². The van der Waals surface area contributed by atoms with Crippen LogP contribution in [0.25, 0.3) is 0 Å². The molecular formula is C15H17N5OS2. The molecule has 0 bridgehead atoms. The summed E-state index contributed by atoms with van der Waals surface area (Å²) >= 11 is 2.79. The second-order valence-corrected chi connectivity index (χ2v) is 6.60. The van der Waals surface area contributed by atoms with Crippen LogP contribution in [0, 0.1) is 0 Å². The van der Waals surface area contributed by atoms with Crippen molar-refractivity contribution >= 4 is 28.8 Å². The van der Waals surface area contributed by atoms with E-state index in [0.717, 1.165) is 35.6 Å². The van der Waals surface area contributed by atoms with Gasteiger partial charge in [-0.1, -0.05) is 17.8 Å². The number of hydrogen-bond acceptors (Lipinski definition) is 6. The molecule has 0 spiro atoms. The van der Waals surface area contributed by atoms with Crippen LogP contribution in [-0.4, -0.2) is 31.8 Å². The second kappa shape index (κ2) is 7.47. The topological polar surface area (TPSA) is 72.7 Å². The van der Waals surface area contributed by atoms with Crippen LogP contribution in [-0.2, 0) is 6.42 Å². The molecule has 8 heteroatoms. The summed E-state index contributed by atoms with van der Waals surface area (Å²) in [5, 5.41) is 15.5. The molecule has 0 fully saturated rings. The zero-order valence-electron chi connectivity index (χ0n) is 12.7. The van der Waals surface area contributed by atoms with Gasteiger partial charge in [-0.2, -0.15) is 16.4 Å². The van der Waals surface area contributed by atoms with Gasteiger partial charge >= 0.3 is 0 Å². The number of aromatic nitrogens is 4. The number of nitrogens with one attached hydrogen (secondary N) is 1. The van der Waals surface area contributed by atoms with Crippen LogP contribution in [0.15, 0.2) is 35.3 Å². The first-order valence-corrected chi connectivity index (χ1v) is 9.12. The third-order valence-corrected chi connectivity index (χ3v) is 4.95. The molecule has 0 aliphatic carbocycles. The van der Waals surface area contributed by atoms with E-state index in [4.69, 9.17) is 0 Å². The van der Waals surface area contributed by atoms with Crippen LogP contribution in [0.2, 0.25) is 0 Å². The summed E-state index contributed by atoms with van der Waals surface area (Å²) in [6.07, 6.45) is 5.36. The molecule has 1 N–H and O–H groups in total. The minimum Gasteiger partial charge on any atom is -0.349 e. The lowest BCUT2D eigenvalue weighted by Gasteiger charge is -2.17. The van der Waals surface area contributed by atoms with Gasteiger partial charge in [0.2, 0.25) is 0 Å². The Morgan fingerprint density at radius 3 is 3.09 bits per heavy atom. The second-order valence-electron chi connectivity index (χ2n) is 5.07. The van der Waals surface area contributed by atoms with Crippen LogP contribution in [0.5, 0.6) is 0 Å². The van der Waals surface area contributed by atoms with Gasteiger partial charge in [0.15, 0.2) is 0 Å². The number of hydrogen-bond donors (Lipinski definition) is 1. The quantitative estimate of drug-likeness (QED) is 0.713. The summed E-state index contributed by atoms with van der Waals surface area (Å²) < 4.78 is 5.76. The summed E-state index contributed by atoms with van der Waals surface area (Å²) in [7, 11) is 0. The van der Waals surface area contributed by atoms with Crippen molar-refractivity contribution in [2.45, 2.75) is 25.8 Å². The molecular weight excluding hydrogens is 330 g/mol. The van der Waals surface area contributed by atoms with Crippen molar-refractivity contribution in [3.63, 3.8) is 0 Å². The van der Waals surface area contributed by atoms with Crippen LogP contribution >= 0.6 is 22.9 Å². The fourth-order valence-electron chi connectivity index (χ4n) is 2.34.